The molecule has 1 unspecified atom stereocenters. The first-order valence-electron chi connectivity index (χ1n) is 6.35. The quantitative estimate of drug-likeness (QED) is 0.850. The Labute approximate surface area is 121 Å². The van der Waals surface area contributed by atoms with E-state index in [9.17, 15) is 0 Å². The second-order valence-electron chi connectivity index (χ2n) is 4.63. The van der Waals surface area contributed by atoms with Crippen molar-refractivity contribution in [1.82, 2.24) is 9.78 Å². The van der Waals surface area contributed by atoms with Crippen LogP contribution in [0.3, 0.4) is 0 Å². The molecule has 100 valence electrons. The van der Waals surface area contributed by atoms with E-state index in [2.05, 4.69) is 5.10 Å². The second-order valence-corrected chi connectivity index (χ2v) is 6.13. The third-order valence-electron chi connectivity index (χ3n) is 3.17. The summed E-state index contributed by atoms with van der Waals surface area (Å²) in [6.45, 7) is 0.879. The third-order valence-corrected chi connectivity index (χ3v) is 4.78. The molecule has 5 heteroatoms. The first kappa shape index (κ1) is 12.9. The average molecular weight is 295 g/mol. The van der Waals surface area contributed by atoms with Crippen LogP contribution in [-0.4, -0.2) is 21.3 Å². The van der Waals surface area contributed by atoms with E-state index in [1.165, 1.54) is 17.9 Å². The zero-order valence-corrected chi connectivity index (χ0v) is 12.0. The van der Waals surface area contributed by atoms with Crippen molar-refractivity contribution in [3.8, 4) is 11.5 Å². The van der Waals surface area contributed by atoms with Crippen LogP contribution in [0.2, 0.25) is 5.15 Å². The van der Waals surface area contributed by atoms with Gasteiger partial charge in [0, 0.05) is 6.54 Å². The van der Waals surface area contributed by atoms with Crippen molar-refractivity contribution in [2.75, 3.05) is 11.5 Å². The molecule has 0 N–H and O–H groups in total. The minimum Gasteiger partial charge on any atom is -0.452 e. The maximum Gasteiger partial charge on any atom is 0.184 e. The third kappa shape index (κ3) is 3.07. The molecule has 0 amide bonds. The number of halogens is 1. The lowest BCUT2D eigenvalue weighted by molar-refractivity contribution is 0.453. The number of para-hydroxylation sites is 1. The molecule has 0 aliphatic carbocycles. The molecule has 1 aliphatic heterocycles. The van der Waals surface area contributed by atoms with Gasteiger partial charge in [0.25, 0.3) is 0 Å². The first-order valence-corrected chi connectivity index (χ1v) is 7.88. The minimum atomic E-state index is 0.584. The van der Waals surface area contributed by atoms with E-state index in [0.717, 1.165) is 12.3 Å². The first-order chi connectivity index (χ1) is 9.33. The minimum absolute atomic E-state index is 0.584. The van der Waals surface area contributed by atoms with E-state index in [1.807, 2.05) is 46.8 Å². The van der Waals surface area contributed by atoms with Crippen LogP contribution in [0.4, 0.5) is 0 Å². The van der Waals surface area contributed by atoms with Crippen LogP contribution in [0.5, 0.6) is 11.5 Å². The number of benzene rings is 1. The molecular weight excluding hydrogens is 280 g/mol. The fourth-order valence-electron chi connectivity index (χ4n) is 2.14. The summed E-state index contributed by atoms with van der Waals surface area (Å²) < 4.78 is 7.58. The molecule has 1 fully saturated rings. The predicted molar refractivity (Wildman–Crippen MR) is 79.2 cm³/mol. The highest BCUT2D eigenvalue weighted by Crippen LogP contribution is 2.31. The number of hydrogen-bond acceptors (Lipinski definition) is 3. The highest BCUT2D eigenvalue weighted by Gasteiger charge is 2.19. The number of aromatic nitrogens is 2. The van der Waals surface area contributed by atoms with Crippen molar-refractivity contribution in [1.29, 1.82) is 0 Å². The molecule has 0 saturated carbocycles. The van der Waals surface area contributed by atoms with Crippen LogP contribution >= 0.6 is 23.4 Å². The maximum atomic E-state index is 6.32. The van der Waals surface area contributed by atoms with Gasteiger partial charge in [-0.2, -0.15) is 16.9 Å². The Kier molecular flexibility index (Phi) is 3.99. The Balaban J connectivity index is 1.71. The lowest BCUT2D eigenvalue weighted by Gasteiger charge is -2.09. The van der Waals surface area contributed by atoms with E-state index >= 15 is 0 Å². The topological polar surface area (TPSA) is 27.1 Å². The molecule has 2 heterocycles. The van der Waals surface area contributed by atoms with Crippen molar-refractivity contribution >= 4 is 23.4 Å². The number of ether oxygens (including phenoxy) is 1. The van der Waals surface area contributed by atoms with Crippen molar-refractivity contribution < 1.29 is 4.74 Å². The Morgan fingerprint density at radius 1 is 1.37 bits per heavy atom. The van der Waals surface area contributed by atoms with E-state index in [-0.39, 0.29) is 0 Å². The van der Waals surface area contributed by atoms with Gasteiger partial charge in [-0.15, -0.1) is 0 Å². The summed E-state index contributed by atoms with van der Waals surface area (Å²) >= 11 is 8.32. The molecule has 1 saturated heterocycles. The molecule has 3 nitrogen and oxygen atoms in total. The van der Waals surface area contributed by atoms with Crippen LogP contribution in [0, 0.1) is 5.92 Å². The van der Waals surface area contributed by atoms with Gasteiger partial charge in [-0.3, -0.25) is 4.68 Å². The molecule has 2 aromatic rings. The van der Waals surface area contributed by atoms with Crippen LogP contribution in [0.15, 0.2) is 36.5 Å². The van der Waals surface area contributed by atoms with Crippen LogP contribution < -0.4 is 4.74 Å². The summed E-state index contributed by atoms with van der Waals surface area (Å²) in [5.74, 6) is 4.52. The summed E-state index contributed by atoms with van der Waals surface area (Å²) in [5, 5.41) is 4.91. The number of thioether (sulfide) groups is 1. The molecule has 0 bridgehead atoms. The van der Waals surface area contributed by atoms with Crippen molar-refractivity contribution in [2.24, 2.45) is 5.92 Å². The van der Waals surface area contributed by atoms with Crippen molar-refractivity contribution in [3.63, 3.8) is 0 Å². The van der Waals surface area contributed by atoms with Gasteiger partial charge in [-0.25, -0.2) is 0 Å². The number of rotatable bonds is 4. The molecule has 1 atom stereocenters. The van der Waals surface area contributed by atoms with Gasteiger partial charge in [-0.05, 0) is 36.0 Å². The zero-order chi connectivity index (χ0) is 13.1. The molecule has 1 aliphatic rings. The van der Waals surface area contributed by atoms with Crippen LogP contribution in [0.1, 0.15) is 6.42 Å². The van der Waals surface area contributed by atoms with E-state index in [0.29, 0.717) is 16.8 Å². The van der Waals surface area contributed by atoms with Gasteiger partial charge in [0.15, 0.2) is 10.9 Å². The van der Waals surface area contributed by atoms with Crippen molar-refractivity contribution in [2.45, 2.75) is 13.0 Å². The average Bonchev–Trinajstić information content (AvgIpc) is 3.05. The van der Waals surface area contributed by atoms with Gasteiger partial charge in [0.05, 0.1) is 6.20 Å². The second kappa shape index (κ2) is 5.88. The van der Waals surface area contributed by atoms with Gasteiger partial charge >= 0.3 is 0 Å². The standard InChI is InChI=1S/C14H15ClN2OS/c15-14-13(18-12-4-2-1-3-5-12)8-16-17(14)9-11-6-7-19-10-11/h1-5,8,11H,6-7,9-10H2. The SMILES string of the molecule is Clc1c(Oc2ccccc2)cnn1CC1CCSC1. The summed E-state index contributed by atoms with van der Waals surface area (Å²) in [6, 6.07) is 9.63. The Morgan fingerprint density at radius 2 is 2.21 bits per heavy atom. The summed E-state index contributed by atoms with van der Waals surface area (Å²) in [4.78, 5) is 0. The lowest BCUT2D eigenvalue weighted by Crippen LogP contribution is -2.11. The fourth-order valence-corrected chi connectivity index (χ4v) is 3.61. The Bertz CT molecular complexity index is 538. The Hall–Kier alpha value is -1.13. The predicted octanol–water partition coefficient (Wildman–Crippen LogP) is 4.08. The zero-order valence-electron chi connectivity index (χ0n) is 10.5. The highest BCUT2D eigenvalue weighted by atomic mass is 35.5. The molecule has 1 aromatic heterocycles. The highest BCUT2D eigenvalue weighted by molar-refractivity contribution is 7.99. The number of nitrogens with zero attached hydrogens (tertiary/aromatic N) is 2. The van der Waals surface area contributed by atoms with Gasteiger partial charge < -0.3 is 4.74 Å². The molecule has 19 heavy (non-hydrogen) atoms. The fraction of sp³-hybridized carbons (Fsp3) is 0.357. The van der Waals surface area contributed by atoms with Gasteiger partial charge in [0.2, 0.25) is 0 Å². The summed E-state index contributed by atoms with van der Waals surface area (Å²) in [6.07, 6.45) is 2.94. The smallest absolute Gasteiger partial charge is 0.184 e. The Morgan fingerprint density at radius 3 is 2.95 bits per heavy atom. The molecule has 0 spiro atoms. The molecule has 3 rings (SSSR count). The monoisotopic (exact) mass is 294 g/mol. The molecule has 1 aromatic carbocycles. The largest absolute Gasteiger partial charge is 0.452 e. The van der Waals surface area contributed by atoms with Gasteiger partial charge in [0.1, 0.15) is 5.75 Å². The van der Waals surface area contributed by atoms with Gasteiger partial charge in [-0.1, -0.05) is 29.8 Å². The van der Waals surface area contributed by atoms with E-state index in [1.54, 1.807) is 6.20 Å². The van der Waals surface area contributed by atoms with Crippen LogP contribution in [-0.2, 0) is 6.54 Å². The van der Waals surface area contributed by atoms with E-state index < -0.39 is 0 Å². The van der Waals surface area contributed by atoms with Crippen LogP contribution in [0.25, 0.3) is 0 Å². The molecule has 0 radical (unpaired) electrons. The summed E-state index contributed by atoms with van der Waals surface area (Å²) in [5.41, 5.74) is 0. The molecular formula is C14H15ClN2OS. The maximum absolute atomic E-state index is 6.32. The normalized spacial score (nSPS) is 18.7. The lowest BCUT2D eigenvalue weighted by atomic mass is 10.1. The summed E-state index contributed by atoms with van der Waals surface area (Å²) in [7, 11) is 0. The van der Waals surface area contributed by atoms with E-state index in [4.69, 9.17) is 16.3 Å². The van der Waals surface area contributed by atoms with Crippen molar-refractivity contribution in [3.05, 3.63) is 41.7 Å². The number of hydrogen-bond donors (Lipinski definition) is 0.